The van der Waals surface area contributed by atoms with Crippen molar-refractivity contribution in [3.63, 3.8) is 0 Å². The molecule has 0 radical (unpaired) electrons. The van der Waals surface area contributed by atoms with Crippen LogP contribution in [0, 0.1) is 0 Å². The summed E-state index contributed by atoms with van der Waals surface area (Å²) in [4.78, 5) is 28.2. The van der Waals surface area contributed by atoms with Gasteiger partial charge in [0.2, 0.25) is 5.95 Å². The Hall–Kier alpha value is -3.10. The second-order valence-electron chi connectivity index (χ2n) is 4.36. The van der Waals surface area contributed by atoms with Crippen LogP contribution in [-0.4, -0.2) is 36.1 Å². The van der Waals surface area contributed by atoms with Gasteiger partial charge in [-0.3, -0.25) is 14.9 Å². The Kier molecular flexibility index (Phi) is 3.14. The van der Waals surface area contributed by atoms with Crippen molar-refractivity contribution in [2.45, 2.75) is 13.0 Å². The molecule has 2 heterocycles. The number of anilines is 1. The van der Waals surface area contributed by atoms with Crippen LogP contribution < -0.4 is 10.9 Å². The van der Waals surface area contributed by atoms with Crippen molar-refractivity contribution in [2.75, 3.05) is 5.32 Å². The van der Waals surface area contributed by atoms with E-state index < -0.39 is 11.9 Å². The molecule has 21 heavy (non-hydrogen) atoms. The molecule has 0 spiro atoms. The number of nitrogens with zero attached hydrogens (tertiary/aromatic N) is 5. The fourth-order valence-corrected chi connectivity index (χ4v) is 1.85. The highest BCUT2D eigenvalue weighted by Crippen LogP contribution is 2.08. The van der Waals surface area contributed by atoms with Gasteiger partial charge in [-0.15, -0.1) is 5.10 Å². The number of hydrogen-bond donors (Lipinski definition) is 2. The average molecular weight is 285 g/mol. The SMILES string of the molecule is C[C@@H](C(=O)Nc1ncn[nH]1)n1nnc2ccccc2c1=O. The summed E-state index contributed by atoms with van der Waals surface area (Å²) >= 11 is 0. The van der Waals surface area contributed by atoms with Crippen molar-refractivity contribution >= 4 is 22.8 Å². The van der Waals surface area contributed by atoms with Crippen LogP contribution in [0.5, 0.6) is 0 Å². The van der Waals surface area contributed by atoms with Gasteiger partial charge < -0.3 is 0 Å². The highest BCUT2D eigenvalue weighted by molar-refractivity contribution is 5.91. The lowest BCUT2D eigenvalue weighted by atomic mass is 10.2. The van der Waals surface area contributed by atoms with Gasteiger partial charge in [0, 0.05) is 0 Å². The Morgan fingerprint density at radius 2 is 2.19 bits per heavy atom. The fourth-order valence-electron chi connectivity index (χ4n) is 1.85. The van der Waals surface area contributed by atoms with Gasteiger partial charge in [-0.05, 0) is 19.1 Å². The summed E-state index contributed by atoms with van der Waals surface area (Å²) in [5.74, 6) is -0.243. The molecule has 0 aliphatic heterocycles. The Balaban J connectivity index is 1.94. The highest BCUT2D eigenvalue weighted by Gasteiger charge is 2.19. The zero-order valence-corrected chi connectivity index (χ0v) is 11.0. The summed E-state index contributed by atoms with van der Waals surface area (Å²) in [5, 5.41) is 16.8. The zero-order valence-electron chi connectivity index (χ0n) is 11.0. The Morgan fingerprint density at radius 1 is 1.38 bits per heavy atom. The number of aromatic nitrogens is 6. The van der Waals surface area contributed by atoms with Crippen LogP contribution in [0.15, 0.2) is 35.4 Å². The van der Waals surface area contributed by atoms with E-state index >= 15 is 0 Å². The molecule has 0 saturated carbocycles. The Bertz CT molecular complexity index is 840. The first-order valence-corrected chi connectivity index (χ1v) is 6.17. The lowest BCUT2D eigenvalue weighted by Gasteiger charge is -2.12. The normalized spacial score (nSPS) is 12.2. The van der Waals surface area contributed by atoms with E-state index in [1.165, 1.54) is 6.33 Å². The third kappa shape index (κ3) is 2.36. The van der Waals surface area contributed by atoms with Crippen LogP contribution in [0.25, 0.3) is 10.9 Å². The number of hydrogen-bond acceptors (Lipinski definition) is 6. The molecule has 0 bridgehead atoms. The number of amides is 1. The van der Waals surface area contributed by atoms with Crippen LogP contribution in [0.2, 0.25) is 0 Å². The topological polar surface area (TPSA) is 118 Å². The van der Waals surface area contributed by atoms with Crippen LogP contribution in [0.4, 0.5) is 5.95 Å². The number of carbonyl (C=O) groups excluding carboxylic acids is 1. The van der Waals surface area contributed by atoms with Gasteiger partial charge in [0.15, 0.2) is 0 Å². The van der Waals surface area contributed by atoms with Crippen LogP contribution in [0.1, 0.15) is 13.0 Å². The molecule has 0 aliphatic rings. The molecule has 1 atom stereocenters. The number of nitrogens with one attached hydrogen (secondary N) is 2. The summed E-state index contributed by atoms with van der Waals surface area (Å²) in [6.45, 7) is 1.55. The molecule has 2 N–H and O–H groups in total. The minimum Gasteiger partial charge on any atom is -0.293 e. The first-order chi connectivity index (χ1) is 10.2. The zero-order chi connectivity index (χ0) is 14.8. The number of rotatable bonds is 3. The van der Waals surface area contributed by atoms with Gasteiger partial charge in [-0.1, -0.05) is 17.3 Å². The van der Waals surface area contributed by atoms with Crippen molar-refractivity contribution in [1.29, 1.82) is 0 Å². The summed E-state index contributed by atoms with van der Waals surface area (Å²) in [6.07, 6.45) is 1.27. The Morgan fingerprint density at radius 3 is 2.95 bits per heavy atom. The maximum absolute atomic E-state index is 12.3. The van der Waals surface area contributed by atoms with Crippen LogP contribution >= 0.6 is 0 Å². The van der Waals surface area contributed by atoms with Crippen LogP contribution in [-0.2, 0) is 4.79 Å². The molecule has 9 heteroatoms. The second kappa shape index (κ2) is 5.12. The van der Waals surface area contributed by atoms with Crippen molar-refractivity contribution < 1.29 is 4.79 Å². The molecule has 0 fully saturated rings. The molecular weight excluding hydrogens is 274 g/mol. The minimum absolute atomic E-state index is 0.202. The largest absolute Gasteiger partial charge is 0.293 e. The second-order valence-corrected chi connectivity index (χ2v) is 4.36. The maximum atomic E-state index is 12.3. The minimum atomic E-state index is -0.834. The predicted octanol–water partition coefficient (Wildman–Crippen LogP) is 0.109. The van der Waals surface area contributed by atoms with Gasteiger partial charge in [0.05, 0.1) is 5.39 Å². The number of aromatic amines is 1. The van der Waals surface area contributed by atoms with Gasteiger partial charge in [0.1, 0.15) is 17.9 Å². The molecule has 0 unspecified atom stereocenters. The van der Waals surface area contributed by atoms with E-state index in [0.29, 0.717) is 10.9 Å². The number of carbonyl (C=O) groups is 1. The third-order valence-corrected chi connectivity index (χ3v) is 2.99. The van der Waals surface area contributed by atoms with E-state index in [0.717, 1.165) is 4.68 Å². The quantitative estimate of drug-likeness (QED) is 0.705. The first kappa shape index (κ1) is 12.9. The van der Waals surface area contributed by atoms with Gasteiger partial charge in [-0.2, -0.15) is 14.8 Å². The van der Waals surface area contributed by atoms with Gasteiger partial charge in [-0.25, -0.2) is 5.10 Å². The summed E-state index contributed by atoms with van der Waals surface area (Å²) in [7, 11) is 0. The highest BCUT2D eigenvalue weighted by atomic mass is 16.2. The number of H-pyrrole nitrogens is 1. The number of fused-ring (bicyclic) bond motifs is 1. The molecule has 106 valence electrons. The molecule has 9 nitrogen and oxygen atoms in total. The molecule has 2 aromatic heterocycles. The monoisotopic (exact) mass is 285 g/mol. The fraction of sp³-hybridized carbons (Fsp3) is 0.167. The van der Waals surface area contributed by atoms with E-state index in [1.807, 2.05) is 0 Å². The van der Waals surface area contributed by atoms with Gasteiger partial charge in [0.25, 0.3) is 11.5 Å². The molecule has 3 rings (SSSR count). The smallest absolute Gasteiger partial charge is 0.278 e. The average Bonchev–Trinajstić information content (AvgIpc) is 3.00. The molecule has 1 amide bonds. The maximum Gasteiger partial charge on any atom is 0.278 e. The molecule has 0 aliphatic carbocycles. The molecular formula is C12H11N7O2. The lowest BCUT2D eigenvalue weighted by molar-refractivity contribution is -0.119. The van der Waals surface area contributed by atoms with Crippen LogP contribution in [0.3, 0.4) is 0 Å². The molecule has 0 saturated heterocycles. The predicted molar refractivity (Wildman–Crippen MR) is 73.5 cm³/mol. The standard InChI is InChI=1S/C12H11N7O2/c1-7(10(20)15-12-13-6-14-17-12)19-11(21)8-4-2-3-5-9(8)16-18-19/h2-7H,1H3,(H2,13,14,15,17,20)/t7-/m0/s1. The van der Waals surface area contributed by atoms with E-state index in [1.54, 1.807) is 31.2 Å². The van der Waals surface area contributed by atoms with E-state index in [4.69, 9.17) is 0 Å². The van der Waals surface area contributed by atoms with E-state index in [-0.39, 0.29) is 11.5 Å². The lowest BCUT2D eigenvalue weighted by Crippen LogP contribution is -2.34. The Labute approximate surface area is 118 Å². The van der Waals surface area contributed by atoms with E-state index in [9.17, 15) is 9.59 Å². The first-order valence-electron chi connectivity index (χ1n) is 6.17. The van der Waals surface area contributed by atoms with E-state index in [2.05, 4.69) is 30.8 Å². The van der Waals surface area contributed by atoms with Crippen molar-refractivity contribution in [3.05, 3.63) is 40.9 Å². The summed E-state index contributed by atoms with van der Waals surface area (Å²) in [6, 6.07) is 5.99. The summed E-state index contributed by atoms with van der Waals surface area (Å²) in [5.41, 5.74) is 0.113. The summed E-state index contributed by atoms with van der Waals surface area (Å²) < 4.78 is 1.04. The molecule has 1 aromatic carbocycles. The van der Waals surface area contributed by atoms with Crippen molar-refractivity contribution in [2.24, 2.45) is 0 Å². The molecule has 3 aromatic rings. The van der Waals surface area contributed by atoms with Crippen molar-refractivity contribution in [1.82, 2.24) is 30.2 Å². The number of benzene rings is 1. The van der Waals surface area contributed by atoms with Gasteiger partial charge >= 0.3 is 0 Å². The third-order valence-electron chi connectivity index (χ3n) is 2.99. The van der Waals surface area contributed by atoms with Crippen molar-refractivity contribution in [3.8, 4) is 0 Å².